The number of nitrogens with one attached hydrogen (secondary N) is 2. The molecule has 1 aliphatic heterocycles. The van der Waals surface area contributed by atoms with Crippen molar-refractivity contribution < 1.29 is 18.8 Å². The maximum Gasteiger partial charge on any atom is 0.322 e. The van der Waals surface area contributed by atoms with Gasteiger partial charge in [-0.25, -0.2) is 9.18 Å². The summed E-state index contributed by atoms with van der Waals surface area (Å²) in [6, 6.07) is 1.70. The number of fused-ring (bicyclic) bond motifs is 2. The lowest BCUT2D eigenvalue weighted by molar-refractivity contribution is -0.124. The van der Waals surface area contributed by atoms with E-state index >= 15 is 0 Å². The van der Waals surface area contributed by atoms with Gasteiger partial charge in [-0.15, -0.1) is 0 Å². The summed E-state index contributed by atoms with van der Waals surface area (Å²) >= 11 is 5.45. The van der Waals surface area contributed by atoms with Crippen molar-refractivity contribution in [2.24, 2.45) is 0 Å². The number of benzene rings is 1. The highest BCUT2D eigenvalue weighted by Crippen LogP contribution is 2.42. The number of amides is 3. The second-order valence-electron chi connectivity index (χ2n) is 4.54. The molecule has 1 aromatic rings. The Balaban J connectivity index is 2.26. The van der Waals surface area contributed by atoms with Gasteiger partial charge in [0.25, 0.3) is 11.1 Å². The van der Waals surface area contributed by atoms with Crippen molar-refractivity contribution in [2.75, 3.05) is 0 Å². The summed E-state index contributed by atoms with van der Waals surface area (Å²) < 4.78 is 14.0. The van der Waals surface area contributed by atoms with E-state index in [4.69, 9.17) is 11.6 Å². The second kappa shape index (κ2) is 3.77. The number of rotatable bonds is 1. The molecule has 3 rings (SSSR count). The molecule has 0 radical (unpaired) electrons. The van der Waals surface area contributed by atoms with Crippen LogP contribution in [0.3, 0.4) is 0 Å². The van der Waals surface area contributed by atoms with Crippen LogP contribution in [0.25, 0.3) is 0 Å². The average molecular weight is 283 g/mol. The monoisotopic (exact) mass is 282 g/mol. The zero-order valence-corrected chi connectivity index (χ0v) is 10.3. The molecule has 0 aromatic heterocycles. The standard InChI is InChI=1S/C12H8ClFN2O3/c13-9(17)6-1-2-7(14)8-5(6)3-4-12(8)10(18)15-11(19)16-12/h1-2H,3-4H2,(H2,15,16,18,19). The topological polar surface area (TPSA) is 75.3 Å². The Morgan fingerprint density at radius 3 is 2.68 bits per heavy atom. The van der Waals surface area contributed by atoms with Crippen LogP contribution < -0.4 is 10.6 Å². The Morgan fingerprint density at radius 2 is 2.11 bits per heavy atom. The smallest absolute Gasteiger partial charge is 0.319 e. The summed E-state index contributed by atoms with van der Waals surface area (Å²) in [5.41, 5.74) is -0.817. The van der Waals surface area contributed by atoms with E-state index in [-0.39, 0.29) is 17.5 Å². The molecular formula is C12H8ClFN2O3. The molecule has 1 aromatic carbocycles. The molecule has 1 fully saturated rings. The first-order valence-corrected chi connectivity index (χ1v) is 5.99. The number of carbonyl (C=O) groups is 3. The molecule has 1 atom stereocenters. The van der Waals surface area contributed by atoms with Crippen LogP contribution >= 0.6 is 11.6 Å². The van der Waals surface area contributed by atoms with Gasteiger partial charge in [0.2, 0.25) is 0 Å². The Bertz CT molecular complexity index is 646. The summed E-state index contributed by atoms with van der Waals surface area (Å²) in [7, 11) is 0. The molecule has 1 heterocycles. The van der Waals surface area contributed by atoms with E-state index < -0.39 is 28.5 Å². The molecule has 3 amide bonds. The highest BCUT2D eigenvalue weighted by atomic mass is 35.5. The van der Waals surface area contributed by atoms with E-state index in [0.29, 0.717) is 12.0 Å². The van der Waals surface area contributed by atoms with Crippen LogP contribution in [0.15, 0.2) is 12.1 Å². The van der Waals surface area contributed by atoms with Crippen molar-refractivity contribution in [3.63, 3.8) is 0 Å². The zero-order valence-electron chi connectivity index (χ0n) is 9.55. The van der Waals surface area contributed by atoms with E-state index in [9.17, 15) is 18.8 Å². The minimum atomic E-state index is -1.42. The van der Waals surface area contributed by atoms with Crippen LogP contribution in [-0.4, -0.2) is 17.2 Å². The normalized spacial score (nSPS) is 24.3. The van der Waals surface area contributed by atoms with Crippen molar-refractivity contribution in [2.45, 2.75) is 18.4 Å². The molecule has 0 saturated carbocycles. The summed E-state index contributed by atoms with van der Waals surface area (Å²) in [5.74, 6) is -1.24. The van der Waals surface area contributed by atoms with E-state index in [1.54, 1.807) is 0 Å². The first-order chi connectivity index (χ1) is 8.95. The molecule has 2 aliphatic rings. The molecular weight excluding hydrogens is 275 g/mol. The highest BCUT2D eigenvalue weighted by Gasteiger charge is 2.53. The molecule has 1 unspecified atom stereocenters. The van der Waals surface area contributed by atoms with E-state index in [1.165, 1.54) is 6.07 Å². The first-order valence-electron chi connectivity index (χ1n) is 5.61. The van der Waals surface area contributed by atoms with Gasteiger partial charge in [-0.3, -0.25) is 14.9 Å². The average Bonchev–Trinajstić information content (AvgIpc) is 2.83. The third-order valence-corrected chi connectivity index (χ3v) is 3.80. The Hall–Kier alpha value is -1.95. The molecule has 1 aliphatic carbocycles. The van der Waals surface area contributed by atoms with Crippen molar-refractivity contribution >= 4 is 28.8 Å². The third-order valence-electron chi connectivity index (χ3n) is 3.59. The van der Waals surface area contributed by atoms with E-state index in [1.807, 2.05) is 0 Å². The Labute approximate surface area is 112 Å². The number of hydrogen-bond donors (Lipinski definition) is 2. The molecule has 1 saturated heterocycles. The van der Waals surface area contributed by atoms with Crippen molar-refractivity contribution in [3.8, 4) is 0 Å². The Kier molecular flexibility index (Phi) is 2.40. The highest BCUT2D eigenvalue weighted by molar-refractivity contribution is 6.68. The molecule has 98 valence electrons. The third kappa shape index (κ3) is 1.49. The van der Waals surface area contributed by atoms with Gasteiger partial charge in [0, 0.05) is 11.1 Å². The van der Waals surface area contributed by atoms with Crippen molar-refractivity contribution in [3.05, 3.63) is 34.6 Å². The van der Waals surface area contributed by atoms with Crippen LogP contribution in [0.1, 0.15) is 27.9 Å². The fourth-order valence-corrected chi connectivity index (χ4v) is 2.98. The van der Waals surface area contributed by atoms with Gasteiger partial charge in [-0.05, 0) is 42.1 Å². The molecule has 1 spiro atoms. The molecule has 0 bridgehead atoms. The number of carbonyl (C=O) groups excluding carboxylic acids is 3. The lowest BCUT2D eigenvalue weighted by atomic mass is 9.90. The van der Waals surface area contributed by atoms with Crippen molar-refractivity contribution in [1.29, 1.82) is 0 Å². The maximum atomic E-state index is 14.0. The van der Waals surface area contributed by atoms with Gasteiger partial charge in [-0.1, -0.05) is 0 Å². The predicted octanol–water partition coefficient (Wildman–Crippen LogP) is 1.19. The van der Waals surface area contributed by atoms with Gasteiger partial charge in [0.15, 0.2) is 0 Å². The summed E-state index contributed by atoms with van der Waals surface area (Å²) in [6.45, 7) is 0. The molecule has 5 nitrogen and oxygen atoms in total. The fourth-order valence-electron chi connectivity index (χ4n) is 2.81. The largest absolute Gasteiger partial charge is 0.322 e. The Morgan fingerprint density at radius 1 is 1.37 bits per heavy atom. The molecule has 19 heavy (non-hydrogen) atoms. The quantitative estimate of drug-likeness (QED) is 0.600. The number of urea groups is 1. The lowest BCUT2D eigenvalue weighted by Gasteiger charge is -2.21. The van der Waals surface area contributed by atoms with Crippen LogP contribution in [0.2, 0.25) is 0 Å². The number of hydrogen-bond acceptors (Lipinski definition) is 3. The van der Waals surface area contributed by atoms with Gasteiger partial charge in [0.1, 0.15) is 11.4 Å². The SMILES string of the molecule is O=C1NC(=O)C2(CCc3c(C(=O)Cl)ccc(F)c32)N1. The van der Waals surface area contributed by atoms with E-state index in [2.05, 4.69) is 10.6 Å². The maximum absolute atomic E-state index is 14.0. The summed E-state index contributed by atoms with van der Waals surface area (Å²) in [6.07, 6.45) is 0.507. The summed E-state index contributed by atoms with van der Waals surface area (Å²) in [5, 5.41) is 3.83. The van der Waals surface area contributed by atoms with Crippen molar-refractivity contribution in [1.82, 2.24) is 10.6 Å². The second-order valence-corrected chi connectivity index (χ2v) is 4.88. The minimum absolute atomic E-state index is 0.0438. The van der Waals surface area contributed by atoms with Gasteiger partial charge in [0.05, 0.1) is 0 Å². The van der Waals surface area contributed by atoms with Gasteiger partial charge in [-0.2, -0.15) is 0 Å². The first kappa shape index (κ1) is 12.1. The van der Waals surface area contributed by atoms with Gasteiger partial charge < -0.3 is 5.32 Å². The number of halogens is 2. The minimum Gasteiger partial charge on any atom is -0.319 e. The van der Waals surface area contributed by atoms with Crippen LogP contribution in [-0.2, 0) is 16.8 Å². The number of imide groups is 1. The predicted molar refractivity (Wildman–Crippen MR) is 63.3 cm³/mol. The van der Waals surface area contributed by atoms with Crippen LogP contribution in [0.4, 0.5) is 9.18 Å². The van der Waals surface area contributed by atoms with Crippen LogP contribution in [0, 0.1) is 5.82 Å². The zero-order chi connectivity index (χ0) is 13.8. The fraction of sp³-hybridized carbons (Fsp3) is 0.250. The van der Waals surface area contributed by atoms with E-state index in [0.717, 1.165) is 6.07 Å². The van der Waals surface area contributed by atoms with Crippen LogP contribution in [0.5, 0.6) is 0 Å². The molecule has 2 N–H and O–H groups in total. The van der Waals surface area contributed by atoms with Gasteiger partial charge >= 0.3 is 6.03 Å². The summed E-state index contributed by atoms with van der Waals surface area (Å²) in [4.78, 5) is 34.5. The molecule has 7 heteroatoms. The lowest BCUT2D eigenvalue weighted by Crippen LogP contribution is -2.42.